The van der Waals surface area contributed by atoms with E-state index in [1.807, 2.05) is 0 Å². The highest BCUT2D eigenvalue weighted by atomic mass is 16.2. The second-order valence-corrected chi connectivity index (χ2v) is 14.2. The summed E-state index contributed by atoms with van der Waals surface area (Å²) in [5.41, 5.74) is 0. The smallest absolute Gasteiger partial charge is 0.220 e. The highest BCUT2D eigenvalue weighted by Gasteiger charge is 2.15. The van der Waals surface area contributed by atoms with Gasteiger partial charge in [-0.2, -0.15) is 0 Å². The predicted octanol–water partition coefficient (Wildman–Crippen LogP) is 13.0. The molecule has 0 radical (unpaired) electrons. The molecule has 0 aromatic rings. The van der Waals surface area contributed by atoms with E-state index in [9.17, 15) is 9.59 Å². The largest absolute Gasteiger partial charge is 0.356 e. The second-order valence-electron chi connectivity index (χ2n) is 14.2. The maximum atomic E-state index is 12.6. The average molecular weight is 669 g/mol. The van der Waals surface area contributed by atoms with Crippen LogP contribution in [-0.2, 0) is 9.59 Å². The Kier molecular flexibility index (Phi) is 36.1. The molecule has 0 aromatic heterocycles. The SMILES string of the molecule is CCCCC/C=C\C/C=C\CCCCCCCC(=O)NCCCC[C@H](NC(=O)CCCCCCC/C=C\C/C=C\CCCCC)C(C)C. The molecule has 2 N–H and O–H groups in total. The molecule has 0 aliphatic carbocycles. The van der Waals surface area contributed by atoms with Gasteiger partial charge in [-0.05, 0) is 102 Å². The lowest BCUT2D eigenvalue weighted by molar-refractivity contribution is -0.122. The second kappa shape index (κ2) is 37.7. The van der Waals surface area contributed by atoms with Crippen molar-refractivity contribution < 1.29 is 9.59 Å². The van der Waals surface area contributed by atoms with Crippen molar-refractivity contribution in [2.24, 2.45) is 5.92 Å². The molecule has 0 aromatic carbocycles. The van der Waals surface area contributed by atoms with Crippen molar-refractivity contribution in [1.82, 2.24) is 10.6 Å². The Morgan fingerprint density at radius 1 is 0.479 bits per heavy atom. The van der Waals surface area contributed by atoms with Gasteiger partial charge in [-0.3, -0.25) is 9.59 Å². The molecule has 0 spiro atoms. The number of carbonyl (C=O) groups is 2. The third kappa shape index (κ3) is 35.2. The van der Waals surface area contributed by atoms with Crippen molar-refractivity contribution in [2.75, 3.05) is 6.54 Å². The zero-order valence-electron chi connectivity index (χ0n) is 32.4. The quantitative estimate of drug-likeness (QED) is 0.0521. The van der Waals surface area contributed by atoms with Crippen molar-refractivity contribution in [2.45, 2.75) is 207 Å². The van der Waals surface area contributed by atoms with Crippen LogP contribution in [0, 0.1) is 5.92 Å². The molecule has 278 valence electrons. The molecule has 1 atom stereocenters. The van der Waals surface area contributed by atoms with Gasteiger partial charge in [0.2, 0.25) is 11.8 Å². The highest BCUT2D eigenvalue weighted by Crippen LogP contribution is 2.13. The van der Waals surface area contributed by atoms with Gasteiger partial charge in [-0.15, -0.1) is 0 Å². The van der Waals surface area contributed by atoms with Crippen LogP contribution in [0.3, 0.4) is 0 Å². The van der Waals surface area contributed by atoms with Gasteiger partial charge in [0.25, 0.3) is 0 Å². The zero-order chi connectivity index (χ0) is 35.2. The minimum absolute atomic E-state index is 0.187. The maximum Gasteiger partial charge on any atom is 0.220 e. The van der Waals surface area contributed by atoms with E-state index in [4.69, 9.17) is 0 Å². The lowest BCUT2D eigenvalue weighted by Crippen LogP contribution is -2.38. The molecule has 0 aliphatic rings. The fraction of sp³-hybridized carbons (Fsp3) is 0.773. The Morgan fingerprint density at radius 3 is 1.35 bits per heavy atom. The Morgan fingerprint density at radius 2 is 0.896 bits per heavy atom. The van der Waals surface area contributed by atoms with Crippen LogP contribution in [0.15, 0.2) is 48.6 Å². The van der Waals surface area contributed by atoms with E-state index in [0.717, 1.165) is 64.3 Å². The molecule has 0 bridgehead atoms. The van der Waals surface area contributed by atoms with Gasteiger partial charge in [-0.1, -0.05) is 141 Å². The molecule has 0 saturated carbocycles. The first-order valence-electron chi connectivity index (χ1n) is 20.7. The first-order chi connectivity index (χ1) is 23.5. The summed E-state index contributed by atoms with van der Waals surface area (Å²) in [7, 11) is 0. The molecule has 0 heterocycles. The van der Waals surface area contributed by atoms with Gasteiger partial charge in [0, 0.05) is 25.4 Å². The molecular formula is C44H80N2O2. The van der Waals surface area contributed by atoms with E-state index in [0.29, 0.717) is 18.8 Å². The summed E-state index contributed by atoms with van der Waals surface area (Å²) in [6.45, 7) is 9.62. The molecule has 48 heavy (non-hydrogen) atoms. The van der Waals surface area contributed by atoms with Crippen molar-refractivity contribution >= 4 is 11.8 Å². The van der Waals surface area contributed by atoms with Gasteiger partial charge in [0.1, 0.15) is 0 Å². The van der Waals surface area contributed by atoms with Crippen molar-refractivity contribution in [3.63, 3.8) is 0 Å². The van der Waals surface area contributed by atoms with Crippen molar-refractivity contribution in [3.05, 3.63) is 48.6 Å². The van der Waals surface area contributed by atoms with Crippen LogP contribution in [0.5, 0.6) is 0 Å². The number of hydrogen-bond acceptors (Lipinski definition) is 2. The number of rotatable bonds is 35. The Labute approximate surface area is 299 Å². The van der Waals surface area contributed by atoms with E-state index in [1.165, 1.54) is 103 Å². The molecule has 2 amide bonds. The summed E-state index contributed by atoms with van der Waals surface area (Å²) in [4.78, 5) is 24.8. The third-order valence-corrected chi connectivity index (χ3v) is 9.12. The highest BCUT2D eigenvalue weighted by molar-refractivity contribution is 5.76. The van der Waals surface area contributed by atoms with Crippen LogP contribution >= 0.6 is 0 Å². The summed E-state index contributed by atoms with van der Waals surface area (Å²) in [5.74, 6) is 0.809. The van der Waals surface area contributed by atoms with Crippen LogP contribution < -0.4 is 10.6 Å². The fourth-order valence-corrected chi connectivity index (χ4v) is 5.85. The molecule has 0 aliphatic heterocycles. The van der Waals surface area contributed by atoms with E-state index in [-0.39, 0.29) is 17.9 Å². The Balaban J connectivity index is 3.69. The number of unbranched alkanes of at least 4 members (excludes halogenated alkanes) is 17. The predicted molar refractivity (Wildman–Crippen MR) is 212 cm³/mol. The Bertz CT molecular complexity index is 826. The van der Waals surface area contributed by atoms with Gasteiger partial charge in [0.15, 0.2) is 0 Å². The molecular weight excluding hydrogens is 588 g/mol. The fourth-order valence-electron chi connectivity index (χ4n) is 5.85. The van der Waals surface area contributed by atoms with Gasteiger partial charge < -0.3 is 10.6 Å². The Hall–Kier alpha value is -2.10. The third-order valence-electron chi connectivity index (χ3n) is 9.12. The molecule has 0 fully saturated rings. The number of nitrogens with one attached hydrogen (secondary N) is 2. The molecule has 0 rings (SSSR count). The monoisotopic (exact) mass is 669 g/mol. The number of amides is 2. The number of allylic oxidation sites excluding steroid dienone is 8. The zero-order valence-corrected chi connectivity index (χ0v) is 32.4. The van der Waals surface area contributed by atoms with Crippen molar-refractivity contribution in [1.29, 1.82) is 0 Å². The van der Waals surface area contributed by atoms with Crippen LogP contribution in [-0.4, -0.2) is 24.4 Å². The van der Waals surface area contributed by atoms with Crippen LogP contribution in [0.4, 0.5) is 0 Å². The van der Waals surface area contributed by atoms with Crippen molar-refractivity contribution in [3.8, 4) is 0 Å². The standard InChI is InChI=1S/C44H80N2O2/c1-5-7-9-11-13-15-17-19-21-23-25-27-29-31-33-38-43(47)45-40-36-35-37-42(41(3)4)46-44(48)39-34-32-30-28-26-24-22-20-18-16-14-12-10-8-6-2/h13-16,19-22,41-42H,5-12,17-18,23-40H2,1-4H3,(H,45,47)(H,46,48)/b15-13-,16-14-,21-19-,22-20-/t42-/m0/s1. The lowest BCUT2D eigenvalue weighted by Gasteiger charge is -2.22. The average Bonchev–Trinajstić information content (AvgIpc) is 3.07. The summed E-state index contributed by atoms with van der Waals surface area (Å²) in [5, 5.41) is 6.39. The molecule has 0 unspecified atom stereocenters. The van der Waals surface area contributed by atoms with Crippen LogP contribution in [0.1, 0.15) is 201 Å². The lowest BCUT2D eigenvalue weighted by atomic mass is 9.98. The van der Waals surface area contributed by atoms with E-state index in [1.54, 1.807) is 0 Å². The first kappa shape index (κ1) is 45.9. The molecule has 4 heteroatoms. The first-order valence-corrected chi connectivity index (χ1v) is 20.7. The summed E-state index contributed by atoms with van der Waals surface area (Å²) >= 11 is 0. The van der Waals surface area contributed by atoms with Gasteiger partial charge in [-0.25, -0.2) is 0 Å². The summed E-state index contributed by atoms with van der Waals surface area (Å²) < 4.78 is 0. The summed E-state index contributed by atoms with van der Waals surface area (Å²) in [6, 6.07) is 0.221. The van der Waals surface area contributed by atoms with Gasteiger partial charge >= 0.3 is 0 Å². The molecule has 4 nitrogen and oxygen atoms in total. The van der Waals surface area contributed by atoms with E-state index < -0.39 is 0 Å². The normalized spacial score (nSPS) is 12.8. The van der Waals surface area contributed by atoms with E-state index >= 15 is 0 Å². The number of carbonyl (C=O) groups excluding carboxylic acids is 2. The molecule has 0 saturated heterocycles. The minimum Gasteiger partial charge on any atom is -0.356 e. The van der Waals surface area contributed by atoms with Crippen LogP contribution in [0.2, 0.25) is 0 Å². The maximum absolute atomic E-state index is 12.6. The minimum atomic E-state index is 0.187. The van der Waals surface area contributed by atoms with Crippen LogP contribution in [0.25, 0.3) is 0 Å². The topological polar surface area (TPSA) is 58.2 Å². The summed E-state index contributed by atoms with van der Waals surface area (Å²) in [6.07, 6.45) is 49.2. The van der Waals surface area contributed by atoms with Gasteiger partial charge in [0.05, 0.1) is 0 Å². The van der Waals surface area contributed by atoms with E-state index in [2.05, 4.69) is 86.9 Å². The number of hydrogen-bond donors (Lipinski definition) is 2.